The van der Waals surface area contributed by atoms with Crippen molar-refractivity contribution in [3.63, 3.8) is 0 Å². The Morgan fingerprint density at radius 1 is 1.13 bits per heavy atom. The van der Waals surface area contributed by atoms with Crippen molar-refractivity contribution in [3.05, 3.63) is 46.8 Å². The molecule has 78 valence electrons. The van der Waals surface area contributed by atoms with E-state index in [0.717, 1.165) is 6.42 Å². The predicted octanol–water partition coefficient (Wildman–Crippen LogP) is 3.44. The largest absolute Gasteiger partial charge is 0.326 e. The number of benzene rings is 1. The first-order valence-corrected chi connectivity index (χ1v) is 6.08. The Hall–Kier alpha value is -1.12. The third-order valence-electron chi connectivity index (χ3n) is 2.54. The minimum Gasteiger partial charge on any atom is -0.326 e. The minimum atomic E-state index is 0.629. The van der Waals surface area contributed by atoms with Crippen molar-refractivity contribution in [2.75, 3.05) is 0 Å². The highest BCUT2D eigenvalue weighted by atomic mass is 32.1. The lowest BCUT2D eigenvalue weighted by Crippen LogP contribution is -1.92. The highest BCUT2D eigenvalue weighted by Crippen LogP contribution is 2.27. The predicted molar refractivity (Wildman–Crippen MR) is 67.0 cm³/mol. The molecule has 0 spiro atoms. The number of thiophene rings is 1. The molecule has 2 heteroatoms. The van der Waals surface area contributed by atoms with Gasteiger partial charge in [-0.2, -0.15) is 0 Å². The Labute approximate surface area is 94.6 Å². The van der Waals surface area contributed by atoms with Crippen LogP contribution in [0.1, 0.15) is 18.1 Å². The Bertz CT molecular complexity index is 428. The summed E-state index contributed by atoms with van der Waals surface area (Å²) in [6.45, 7) is 2.80. The fraction of sp³-hybridized carbons (Fsp3) is 0.231. The normalized spacial score (nSPS) is 10.5. The SMILES string of the molecule is CCc1ccc(-c2cc(CN)cs2)cc1. The van der Waals surface area contributed by atoms with Gasteiger partial charge in [-0.3, -0.25) is 0 Å². The lowest BCUT2D eigenvalue weighted by atomic mass is 10.1. The van der Waals surface area contributed by atoms with Gasteiger partial charge in [0.05, 0.1) is 0 Å². The summed E-state index contributed by atoms with van der Waals surface area (Å²) in [7, 11) is 0. The van der Waals surface area contributed by atoms with E-state index < -0.39 is 0 Å². The molecule has 0 saturated carbocycles. The van der Waals surface area contributed by atoms with Crippen molar-refractivity contribution in [2.45, 2.75) is 19.9 Å². The van der Waals surface area contributed by atoms with E-state index in [-0.39, 0.29) is 0 Å². The van der Waals surface area contributed by atoms with Gasteiger partial charge in [0.2, 0.25) is 0 Å². The molecule has 1 nitrogen and oxygen atoms in total. The molecule has 0 bridgehead atoms. The standard InChI is InChI=1S/C13H15NS/c1-2-10-3-5-12(6-4-10)13-7-11(8-14)9-15-13/h3-7,9H,2,8,14H2,1H3. The molecule has 0 aliphatic rings. The fourth-order valence-electron chi connectivity index (χ4n) is 1.54. The van der Waals surface area contributed by atoms with Crippen LogP contribution in [0, 0.1) is 0 Å². The van der Waals surface area contributed by atoms with Crippen LogP contribution in [-0.4, -0.2) is 0 Å². The van der Waals surface area contributed by atoms with E-state index in [0.29, 0.717) is 6.54 Å². The summed E-state index contributed by atoms with van der Waals surface area (Å²) < 4.78 is 0. The first-order chi connectivity index (χ1) is 7.33. The maximum atomic E-state index is 5.59. The Morgan fingerprint density at radius 2 is 1.87 bits per heavy atom. The highest BCUT2D eigenvalue weighted by Gasteiger charge is 2.01. The lowest BCUT2D eigenvalue weighted by molar-refractivity contribution is 1.08. The zero-order chi connectivity index (χ0) is 10.7. The monoisotopic (exact) mass is 217 g/mol. The molecule has 0 aliphatic carbocycles. The van der Waals surface area contributed by atoms with Crippen LogP contribution in [0.3, 0.4) is 0 Å². The van der Waals surface area contributed by atoms with E-state index in [9.17, 15) is 0 Å². The fourth-order valence-corrected chi connectivity index (χ4v) is 2.47. The van der Waals surface area contributed by atoms with Gasteiger partial charge in [0, 0.05) is 11.4 Å². The first-order valence-electron chi connectivity index (χ1n) is 5.20. The van der Waals surface area contributed by atoms with Crippen LogP contribution in [-0.2, 0) is 13.0 Å². The van der Waals surface area contributed by atoms with E-state index in [1.807, 2.05) is 0 Å². The van der Waals surface area contributed by atoms with Gasteiger partial charge in [-0.05, 0) is 34.6 Å². The number of hydrogen-bond donors (Lipinski definition) is 1. The second kappa shape index (κ2) is 4.60. The van der Waals surface area contributed by atoms with Gasteiger partial charge in [-0.1, -0.05) is 31.2 Å². The molecule has 2 rings (SSSR count). The van der Waals surface area contributed by atoms with Crippen molar-refractivity contribution in [3.8, 4) is 10.4 Å². The van der Waals surface area contributed by atoms with Gasteiger partial charge in [-0.25, -0.2) is 0 Å². The molecule has 0 amide bonds. The van der Waals surface area contributed by atoms with Crippen molar-refractivity contribution < 1.29 is 0 Å². The molecule has 2 aromatic rings. The van der Waals surface area contributed by atoms with E-state index in [1.165, 1.54) is 21.6 Å². The van der Waals surface area contributed by atoms with Crippen LogP contribution in [0.15, 0.2) is 35.7 Å². The maximum absolute atomic E-state index is 5.59. The van der Waals surface area contributed by atoms with Crippen LogP contribution >= 0.6 is 11.3 Å². The van der Waals surface area contributed by atoms with Gasteiger partial charge >= 0.3 is 0 Å². The van der Waals surface area contributed by atoms with Gasteiger partial charge in [-0.15, -0.1) is 11.3 Å². The van der Waals surface area contributed by atoms with Gasteiger partial charge in [0.25, 0.3) is 0 Å². The van der Waals surface area contributed by atoms with Crippen LogP contribution in [0.5, 0.6) is 0 Å². The van der Waals surface area contributed by atoms with Gasteiger partial charge in [0.1, 0.15) is 0 Å². The average molecular weight is 217 g/mol. The molecule has 0 saturated heterocycles. The summed E-state index contributed by atoms with van der Waals surface area (Å²) in [5, 5.41) is 2.13. The summed E-state index contributed by atoms with van der Waals surface area (Å²) >= 11 is 1.76. The molecule has 0 fully saturated rings. The molecule has 15 heavy (non-hydrogen) atoms. The van der Waals surface area contributed by atoms with Crippen LogP contribution in [0.4, 0.5) is 0 Å². The van der Waals surface area contributed by atoms with Crippen LogP contribution < -0.4 is 5.73 Å². The summed E-state index contributed by atoms with van der Waals surface area (Å²) in [5.74, 6) is 0. The molecular weight excluding hydrogens is 202 g/mol. The molecule has 1 aromatic heterocycles. The van der Waals surface area contributed by atoms with E-state index in [4.69, 9.17) is 5.73 Å². The number of aryl methyl sites for hydroxylation is 1. The second-order valence-electron chi connectivity index (χ2n) is 3.57. The smallest absolute Gasteiger partial charge is 0.0346 e. The summed E-state index contributed by atoms with van der Waals surface area (Å²) in [6, 6.07) is 10.9. The first kappa shape index (κ1) is 10.4. The van der Waals surface area contributed by atoms with Crippen molar-refractivity contribution in [1.82, 2.24) is 0 Å². The zero-order valence-electron chi connectivity index (χ0n) is 8.86. The van der Waals surface area contributed by atoms with E-state index in [2.05, 4.69) is 42.6 Å². The number of hydrogen-bond acceptors (Lipinski definition) is 2. The maximum Gasteiger partial charge on any atom is 0.0346 e. The molecule has 1 heterocycles. The molecule has 1 aromatic carbocycles. The minimum absolute atomic E-state index is 0.629. The molecule has 0 aliphatic heterocycles. The average Bonchev–Trinajstić information content (AvgIpc) is 2.78. The van der Waals surface area contributed by atoms with Gasteiger partial charge < -0.3 is 5.73 Å². The lowest BCUT2D eigenvalue weighted by Gasteiger charge is -1.99. The highest BCUT2D eigenvalue weighted by molar-refractivity contribution is 7.13. The van der Waals surface area contributed by atoms with Crippen molar-refractivity contribution in [2.24, 2.45) is 5.73 Å². The van der Waals surface area contributed by atoms with Crippen LogP contribution in [0.2, 0.25) is 0 Å². The van der Waals surface area contributed by atoms with Crippen molar-refractivity contribution in [1.29, 1.82) is 0 Å². The summed E-state index contributed by atoms with van der Waals surface area (Å²) in [5.41, 5.74) is 9.48. The third kappa shape index (κ3) is 2.28. The Kier molecular flexibility index (Phi) is 3.19. The quantitative estimate of drug-likeness (QED) is 0.837. The number of rotatable bonds is 3. The molecule has 0 atom stereocenters. The Balaban J connectivity index is 2.28. The van der Waals surface area contributed by atoms with Crippen molar-refractivity contribution >= 4 is 11.3 Å². The Morgan fingerprint density at radius 3 is 2.40 bits per heavy atom. The van der Waals surface area contributed by atoms with E-state index in [1.54, 1.807) is 11.3 Å². The summed E-state index contributed by atoms with van der Waals surface area (Å²) in [4.78, 5) is 1.30. The topological polar surface area (TPSA) is 26.0 Å². The molecular formula is C13H15NS. The summed E-state index contributed by atoms with van der Waals surface area (Å²) in [6.07, 6.45) is 1.10. The van der Waals surface area contributed by atoms with E-state index >= 15 is 0 Å². The third-order valence-corrected chi connectivity index (χ3v) is 3.56. The van der Waals surface area contributed by atoms with Gasteiger partial charge in [0.15, 0.2) is 0 Å². The molecule has 2 N–H and O–H groups in total. The zero-order valence-corrected chi connectivity index (χ0v) is 9.68. The molecule has 0 unspecified atom stereocenters. The molecule has 0 radical (unpaired) electrons. The van der Waals surface area contributed by atoms with Crippen LogP contribution in [0.25, 0.3) is 10.4 Å². The number of nitrogens with two attached hydrogens (primary N) is 1. The second-order valence-corrected chi connectivity index (χ2v) is 4.49.